The van der Waals surface area contributed by atoms with E-state index in [-0.39, 0.29) is 28.1 Å². The highest BCUT2D eigenvalue weighted by Gasteiger charge is 2.49. The number of aromatic nitrogens is 3. The summed E-state index contributed by atoms with van der Waals surface area (Å²) in [5.74, 6) is -0.718. The number of nitriles is 1. The number of rotatable bonds is 5. The predicted molar refractivity (Wildman–Crippen MR) is 149 cm³/mol. The molecule has 0 bridgehead atoms. The normalized spacial score (nSPS) is 23.6. The largest absolute Gasteiger partial charge is 0.476 e. The molecule has 5 heterocycles. The lowest BCUT2D eigenvalue weighted by Crippen LogP contribution is -2.68. The first-order valence-corrected chi connectivity index (χ1v) is 13.7. The van der Waals surface area contributed by atoms with Gasteiger partial charge in [0.25, 0.3) is 0 Å². The second-order valence-corrected chi connectivity index (χ2v) is 11.2. The average molecular weight is 564 g/mol. The Balaban J connectivity index is 1.39. The SMILES string of the molecule is Cc1cc([C@@H](C)Nc2ccc(Cl)nc2C(=O)O)c2nc(N3COCC4(COCC5CCCN54)C3)c(C#N)nc2c1. The van der Waals surface area contributed by atoms with Crippen LogP contribution >= 0.6 is 11.6 Å². The van der Waals surface area contributed by atoms with Crippen LogP contribution in [0.15, 0.2) is 24.3 Å². The molecule has 2 N–H and O–H groups in total. The van der Waals surface area contributed by atoms with Gasteiger partial charge >= 0.3 is 5.97 Å². The highest BCUT2D eigenvalue weighted by Crippen LogP contribution is 2.37. The van der Waals surface area contributed by atoms with Gasteiger partial charge in [-0.05, 0) is 57.0 Å². The fourth-order valence-corrected chi connectivity index (χ4v) is 6.41. The summed E-state index contributed by atoms with van der Waals surface area (Å²) in [5, 5.41) is 23.1. The number of halogens is 1. The molecule has 3 aliphatic heterocycles. The average Bonchev–Trinajstić information content (AvgIpc) is 3.43. The van der Waals surface area contributed by atoms with E-state index in [4.69, 9.17) is 31.0 Å². The number of aryl methyl sites for hydroxylation is 1. The molecule has 0 saturated carbocycles. The van der Waals surface area contributed by atoms with E-state index in [0.29, 0.717) is 55.1 Å². The Bertz CT molecular complexity index is 1520. The molecule has 40 heavy (non-hydrogen) atoms. The zero-order chi connectivity index (χ0) is 28.0. The maximum Gasteiger partial charge on any atom is 0.356 e. The second-order valence-electron chi connectivity index (χ2n) is 10.8. The lowest BCUT2D eigenvalue weighted by Gasteiger charge is -2.52. The molecule has 3 fully saturated rings. The van der Waals surface area contributed by atoms with Gasteiger partial charge in [-0.25, -0.2) is 19.7 Å². The third kappa shape index (κ3) is 4.71. The molecule has 12 heteroatoms. The number of morpholine rings is 1. The van der Waals surface area contributed by atoms with Crippen LogP contribution in [0, 0.1) is 18.3 Å². The quantitative estimate of drug-likeness (QED) is 0.439. The Kier molecular flexibility index (Phi) is 6.96. The summed E-state index contributed by atoms with van der Waals surface area (Å²) in [5.41, 5.74) is 3.06. The summed E-state index contributed by atoms with van der Waals surface area (Å²) in [6.45, 7) is 7.64. The van der Waals surface area contributed by atoms with E-state index in [1.54, 1.807) is 12.1 Å². The van der Waals surface area contributed by atoms with Crippen molar-refractivity contribution in [3.05, 3.63) is 51.9 Å². The van der Waals surface area contributed by atoms with Crippen molar-refractivity contribution in [2.24, 2.45) is 0 Å². The van der Waals surface area contributed by atoms with Gasteiger partial charge in [-0.3, -0.25) is 4.90 Å². The van der Waals surface area contributed by atoms with Crippen LogP contribution in [0.5, 0.6) is 0 Å². The van der Waals surface area contributed by atoms with Crippen LogP contribution < -0.4 is 10.2 Å². The number of pyridine rings is 1. The molecule has 1 aromatic carbocycles. The number of aromatic carboxylic acids is 1. The third-order valence-electron chi connectivity index (χ3n) is 8.00. The molecule has 2 unspecified atom stereocenters. The topological polar surface area (TPSA) is 137 Å². The van der Waals surface area contributed by atoms with Crippen molar-refractivity contribution in [3.8, 4) is 6.07 Å². The fraction of sp³-hybridized carbons (Fsp3) is 0.464. The van der Waals surface area contributed by atoms with Gasteiger partial charge in [0.2, 0.25) is 0 Å². The van der Waals surface area contributed by atoms with Crippen LogP contribution in [0.4, 0.5) is 11.5 Å². The van der Waals surface area contributed by atoms with Gasteiger partial charge < -0.3 is 24.8 Å². The van der Waals surface area contributed by atoms with E-state index < -0.39 is 5.97 Å². The summed E-state index contributed by atoms with van der Waals surface area (Å²) < 4.78 is 12.1. The zero-order valence-electron chi connectivity index (χ0n) is 22.4. The minimum atomic E-state index is -1.18. The molecule has 0 amide bonds. The highest BCUT2D eigenvalue weighted by atomic mass is 35.5. The Morgan fingerprint density at radius 1 is 1.27 bits per heavy atom. The molecule has 3 saturated heterocycles. The Morgan fingerprint density at radius 2 is 2.10 bits per heavy atom. The number of benzene rings is 1. The molecule has 0 radical (unpaired) electrons. The van der Waals surface area contributed by atoms with Gasteiger partial charge in [-0.15, -0.1) is 0 Å². The number of fused-ring (bicyclic) bond motifs is 3. The number of hydrogen-bond acceptors (Lipinski definition) is 10. The number of ether oxygens (including phenoxy) is 2. The number of hydrogen-bond donors (Lipinski definition) is 2. The van der Waals surface area contributed by atoms with Crippen LogP contribution in [0.1, 0.15) is 53.1 Å². The predicted octanol–water partition coefficient (Wildman–Crippen LogP) is 3.76. The Hall–Kier alpha value is -3.56. The van der Waals surface area contributed by atoms with E-state index in [0.717, 1.165) is 37.1 Å². The molecular weight excluding hydrogens is 534 g/mol. The van der Waals surface area contributed by atoms with Crippen molar-refractivity contribution in [2.75, 3.05) is 49.9 Å². The van der Waals surface area contributed by atoms with Gasteiger partial charge in [0.05, 0.1) is 48.1 Å². The molecule has 11 nitrogen and oxygen atoms in total. The molecule has 0 aliphatic carbocycles. The first-order valence-electron chi connectivity index (χ1n) is 13.3. The molecule has 6 rings (SSSR count). The van der Waals surface area contributed by atoms with E-state index in [9.17, 15) is 15.2 Å². The summed E-state index contributed by atoms with van der Waals surface area (Å²) in [7, 11) is 0. The maximum atomic E-state index is 11.8. The van der Waals surface area contributed by atoms with Gasteiger partial charge in [-0.1, -0.05) is 17.7 Å². The smallest absolute Gasteiger partial charge is 0.356 e. The monoisotopic (exact) mass is 563 g/mol. The lowest BCUT2D eigenvalue weighted by atomic mass is 9.94. The number of carboxylic acid groups (broad SMARTS) is 1. The molecule has 208 valence electrons. The van der Waals surface area contributed by atoms with Gasteiger partial charge in [0.1, 0.15) is 18.0 Å². The number of carboxylic acids is 1. The molecule has 3 aliphatic rings. The van der Waals surface area contributed by atoms with Crippen molar-refractivity contribution in [1.82, 2.24) is 19.9 Å². The first-order chi connectivity index (χ1) is 19.3. The van der Waals surface area contributed by atoms with Crippen LogP contribution in [0.25, 0.3) is 11.0 Å². The Labute approximate surface area is 236 Å². The van der Waals surface area contributed by atoms with Crippen LogP contribution in [0.3, 0.4) is 0 Å². The van der Waals surface area contributed by atoms with Crippen molar-refractivity contribution < 1.29 is 19.4 Å². The van der Waals surface area contributed by atoms with Crippen molar-refractivity contribution in [3.63, 3.8) is 0 Å². The number of anilines is 2. The van der Waals surface area contributed by atoms with Crippen LogP contribution in [-0.4, -0.2) is 82.1 Å². The first kappa shape index (κ1) is 26.7. The summed E-state index contributed by atoms with van der Waals surface area (Å²) >= 11 is 5.94. The summed E-state index contributed by atoms with van der Waals surface area (Å²) in [6.07, 6.45) is 2.25. The number of nitrogens with zero attached hydrogens (tertiary/aromatic N) is 6. The molecule has 3 aromatic rings. The molecule has 2 aromatic heterocycles. The van der Waals surface area contributed by atoms with Crippen molar-refractivity contribution >= 4 is 40.1 Å². The lowest BCUT2D eigenvalue weighted by molar-refractivity contribution is -0.131. The van der Waals surface area contributed by atoms with E-state index >= 15 is 0 Å². The molecule has 1 spiro atoms. The maximum absolute atomic E-state index is 11.8. The molecule has 3 atom stereocenters. The minimum Gasteiger partial charge on any atom is -0.476 e. The van der Waals surface area contributed by atoms with Crippen molar-refractivity contribution in [1.29, 1.82) is 5.26 Å². The fourth-order valence-electron chi connectivity index (χ4n) is 6.27. The van der Waals surface area contributed by atoms with Gasteiger partial charge in [-0.2, -0.15) is 5.26 Å². The van der Waals surface area contributed by atoms with E-state index in [2.05, 4.69) is 21.3 Å². The molecular formula is C28H30ClN7O4. The van der Waals surface area contributed by atoms with E-state index in [1.807, 2.05) is 30.9 Å². The van der Waals surface area contributed by atoms with Gasteiger partial charge in [0, 0.05) is 18.2 Å². The third-order valence-corrected chi connectivity index (χ3v) is 8.21. The van der Waals surface area contributed by atoms with E-state index in [1.165, 1.54) is 0 Å². The standard InChI is InChI=1S/C28H30ClN7O4/c1-16-8-19(17(2)31-20-5-6-23(29)33-25(20)27(37)38)24-21(9-16)32-22(10-30)26(34-24)35-12-28(14-40-15-35)13-39-11-18-4-3-7-36(18)28/h5-6,8-9,17-18,31H,3-4,7,11-15H2,1-2H3,(H,37,38)/t17-,18?,28?/m1/s1. The number of nitrogens with one attached hydrogen (secondary N) is 1. The zero-order valence-corrected chi connectivity index (χ0v) is 23.1. The second kappa shape index (κ2) is 10.4. The van der Waals surface area contributed by atoms with Crippen molar-refractivity contribution in [2.45, 2.75) is 44.3 Å². The van der Waals surface area contributed by atoms with Gasteiger partial charge in [0.15, 0.2) is 17.2 Å². The minimum absolute atomic E-state index is 0.0984. The van der Waals surface area contributed by atoms with Crippen LogP contribution in [0.2, 0.25) is 5.15 Å². The highest BCUT2D eigenvalue weighted by molar-refractivity contribution is 6.29. The summed E-state index contributed by atoms with van der Waals surface area (Å²) in [4.78, 5) is 30.0. The summed E-state index contributed by atoms with van der Waals surface area (Å²) in [6, 6.07) is 9.29. The Morgan fingerprint density at radius 3 is 2.90 bits per heavy atom. The van der Waals surface area contributed by atoms with Crippen LogP contribution in [-0.2, 0) is 9.47 Å². The number of carbonyl (C=O) groups is 1.